The van der Waals surface area contributed by atoms with Crippen molar-refractivity contribution in [1.82, 2.24) is 4.90 Å². The Labute approximate surface area is 114 Å². The van der Waals surface area contributed by atoms with Gasteiger partial charge in [-0.05, 0) is 33.3 Å². The van der Waals surface area contributed by atoms with Crippen LogP contribution in [0, 0.1) is 6.92 Å². The normalized spacial score (nSPS) is 14.0. The molecule has 0 aliphatic rings. The highest BCUT2D eigenvalue weighted by atomic mass is 16.4. The number of aryl methyl sites for hydroxylation is 1. The molecule has 1 aromatic carbocycles. The van der Waals surface area contributed by atoms with Gasteiger partial charge in [0, 0.05) is 13.0 Å². The van der Waals surface area contributed by atoms with Crippen LogP contribution in [-0.4, -0.2) is 27.9 Å². The summed E-state index contributed by atoms with van der Waals surface area (Å²) in [6, 6.07) is 7.08. The molecule has 1 unspecified atom stereocenters. The number of carbonyl (C=O) groups excluding carboxylic acids is 1. The quantitative estimate of drug-likeness (QED) is 0.908. The second-order valence-electron chi connectivity index (χ2n) is 5.23. The van der Waals surface area contributed by atoms with Crippen molar-refractivity contribution in [3.8, 4) is 0 Å². The summed E-state index contributed by atoms with van der Waals surface area (Å²) in [6.45, 7) is 8.51. The number of hydrogen-bond donors (Lipinski definition) is 1. The van der Waals surface area contributed by atoms with E-state index in [-0.39, 0.29) is 11.9 Å². The lowest BCUT2D eigenvalue weighted by Crippen LogP contribution is -2.55. The molecule has 0 saturated carbocycles. The van der Waals surface area contributed by atoms with Gasteiger partial charge in [0.1, 0.15) is 0 Å². The maximum absolute atomic E-state index is 11.9. The van der Waals surface area contributed by atoms with E-state index in [0.717, 1.165) is 5.56 Å². The van der Waals surface area contributed by atoms with Crippen molar-refractivity contribution in [3.05, 3.63) is 35.4 Å². The van der Waals surface area contributed by atoms with Crippen molar-refractivity contribution < 1.29 is 14.7 Å². The smallest absolute Gasteiger partial charge is 0.334 e. The monoisotopic (exact) mass is 263 g/mol. The fraction of sp³-hybridized carbons (Fsp3) is 0.467. The largest absolute Gasteiger partial charge is 0.479 e. The van der Waals surface area contributed by atoms with Crippen LogP contribution in [0.5, 0.6) is 0 Å². The van der Waals surface area contributed by atoms with Gasteiger partial charge in [0.05, 0.1) is 0 Å². The second kappa shape index (κ2) is 5.43. The fourth-order valence-corrected chi connectivity index (χ4v) is 2.51. The first-order valence-electron chi connectivity index (χ1n) is 6.31. The molecule has 0 aliphatic heterocycles. The summed E-state index contributed by atoms with van der Waals surface area (Å²) < 4.78 is 0. The lowest BCUT2D eigenvalue weighted by molar-refractivity contribution is -0.160. The van der Waals surface area contributed by atoms with Gasteiger partial charge in [-0.1, -0.05) is 29.8 Å². The summed E-state index contributed by atoms with van der Waals surface area (Å²) in [6.07, 6.45) is 0. The summed E-state index contributed by atoms with van der Waals surface area (Å²) in [5.41, 5.74) is 0.229. The van der Waals surface area contributed by atoms with E-state index >= 15 is 0 Å². The van der Waals surface area contributed by atoms with E-state index in [9.17, 15) is 14.7 Å². The van der Waals surface area contributed by atoms with E-state index in [1.165, 1.54) is 11.8 Å². The third-order valence-corrected chi connectivity index (χ3v) is 3.33. The molecule has 1 N–H and O–H groups in total. The number of nitrogens with zero attached hydrogens (tertiary/aromatic N) is 1. The average molecular weight is 263 g/mol. The summed E-state index contributed by atoms with van der Waals surface area (Å²) in [7, 11) is 0. The van der Waals surface area contributed by atoms with Crippen LogP contribution in [0.15, 0.2) is 24.3 Å². The number of rotatable bonds is 4. The van der Waals surface area contributed by atoms with E-state index in [4.69, 9.17) is 0 Å². The number of carboxylic acids is 1. The van der Waals surface area contributed by atoms with Gasteiger partial charge >= 0.3 is 5.97 Å². The summed E-state index contributed by atoms with van der Waals surface area (Å²) in [4.78, 5) is 25.1. The minimum atomic E-state index is -1.36. The van der Waals surface area contributed by atoms with Crippen LogP contribution in [0.3, 0.4) is 0 Å². The van der Waals surface area contributed by atoms with Gasteiger partial charge in [-0.3, -0.25) is 4.79 Å². The van der Waals surface area contributed by atoms with E-state index in [1.807, 2.05) is 39.0 Å². The van der Waals surface area contributed by atoms with Crippen molar-refractivity contribution in [2.24, 2.45) is 0 Å². The van der Waals surface area contributed by atoms with E-state index in [2.05, 4.69) is 0 Å². The first kappa shape index (κ1) is 15.2. The van der Waals surface area contributed by atoms with Gasteiger partial charge in [-0.15, -0.1) is 0 Å². The first-order chi connectivity index (χ1) is 8.71. The molecule has 104 valence electrons. The van der Waals surface area contributed by atoms with Gasteiger partial charge in [0.2, 0.25) is 5.91 Å². The molecule has 0 spiro atoms. The third kappa shape index (κ3) is 2.78. The number of carbonyl (C=O) groups is 2. The van der Waals surface area contributed by atoms with Crippen molar-refractivity contribution >= 4 is 11.9 Å². The van der Waals surface area contributed by atoms with Crippen molar-refractivity contribution in [1.29, 1.82) is 0 Å². The zero-order valence-electron chi connectivity index (χ0n) is 12.1. The zero-order chi connectivity index (χ0) is 14.8. The highest BCUT2D eigenvalue weighted by molar-refractivity contribution is 5.87. The van der Waals surface area contributed by atoms with Crippen molar-refractivity contribution in [2.45, 2.75) is 46.2 Å². The molecule has 4 nitrogen and oxygen atoms in total. The summed E-state index contributed by atoms with van der Waals surface area (Å²) in [5, 5.41) is 9.65. The topological polar surface area (TPSA) is 57.6 Å². The van der Waals surface area contributed by atoms with Crippen LogP contribution in [0.1, 0.15) is 38.8 Å². The van der Waals surface area contributed by atoms with Crippen LogP contribution in [-0.2, 0) is 15.1 Å². The molecule has 0 bridgehead atoms. The highest BCUT2D eigenvalue weighted by Crippen LogP contribution is 2.31. The Bertz CT molecular complexity index is 496. The molecule has 1 rings (SSSR count). The number of amides is 1. The Morgan fingerprint density at radius 3 is 2.26 bits per heavy atom. The number of carboxylic acid groups (broad SMARTS) is 1. The number of aliphatic carboxylic acids is 1. The van der Waals surface area contributed by atoms with Crippen molar-refractivity contribution in [3.63, 3.8) is 0 Å². The van der Waals surface area contributed by atoms with Crippen LogP contribution in [0.4, 0.5) is 0 Å². The second-order valence-corrected chi connectivity index (χ2v) is 5.23. The van der Waals surface area contributed by atoms with E-state index in [0.29, 0.717) is 5.56 Å². The average Bonchev–Trinajstić information content (AvgIpc) is 2.27. The standard InChI is InChI=1S/C15H21NO3/c1-10(2)16(12(4)17)15(5,14(18)19)13-8-6-7-11(3)9-13/h6-10H,1-5H3,(H,18,19). The van der Waals surface area contributed by atoms with Gasteiger partial charge in [0.25, 0.3) is 0 Å². The SMILES string of the molecule is CC(=O)N(C(C)C)C(C)(C(=O)O)c1cccc(C)c1. The molecule has 0 fully saturated rings. The van der Waals surface area contributed by atoms with E-state index in [1.54, 1.807) is 13.0 Å². The molecule has 0 radical (unpaired) electrons. The predicted molar refractivity (Wildman–Crippen MR) is 73.8 cm³/mol. The number of hydrogen-bond acceptors (Lipinski definition) is 2. The lowest BCUT2D eigenvalue weighted by atomic mass is 9.88. The molecular weight excluding hydrogens is 242 g/mol. The third-order valence-electron chi connectivity index (χ3n) is 3.33. The molecule has 1 aromatic rings. The fourth-order valence-electron chi connectivity index (χ4n) is 2.51. The van der Waals surface area contributed by atoms with Gasteiger partial charge in [-0.25, -0.2) is 4.79 Å². The maximum atomic E-state index is 11.9. The van der Waals surface area contributed by atoms with Gasteiger partial charge in [-0.2, -0.15) is 0 Å². The van der Waals surface area contributed by atoms with Gasteiger partial charge in [0.15, 0.2) is 5.54 Å². The maximum Gasteiger partial charge on any atom is 0.334 e. The first-order valence-corrected chi connectivity index (χ1v) is 6.31. The molecule has 19 heavy (non-hydrogen) atoms. The molecule has 0 heterocycles. The van der Waals surface area contributed by atoms with Gasteiger partial charge < -0.3 is 10.0 Å². The lowest BCUT2D eigenvalue weighted by Gasteiger charge is -2.40. The van der Waals surface area contributed by atoms with Crippen LogP contribution < -0.4 is 0 Å². The molecule has 4 heteroatoms. The molecule has 0 saturated heterocycles. The summed E-state index contributed by atoms with van der Waals surface area (Å²) >= 11 is 0. The molecule has 0 aliphatic carbocycles. The van der Waals surface area contributed by atoms with Crippen LogP contribution in [0.25, 0.3) is 0 Å². The molecule has 1 amide bonds. The minimum Gasteiger partial charge on any atom is -0.479 e. The zero-order valence-corrected chi connectivity index (χ0v) is 12.1. The Balaban J connectivity index is 3.47. The number of benzene rings is 1. The van der Waals surface area contributed by atoms with Crippen LogP contribution in [0.2, 0.25) is 0 Å². The molecule has 0 aromatic heterocycles. The summed E-state index contributed by atoms with van der Waals surface area (Å²) in [5.74, 6) is -1.27. The highest BCUT2D eigenvalue weighted by Gasteiger charge is 2.44. The Hall–Kier alpha value is -1.84. The Morgan fingerprint density at radius 1 is 1.32 bits per heavy atom. The molecule has 1 atom stereocenters. The van der Waals surface area contributed by atoms with Crippen molar-refractivity contribution in [2.75, 3.05) is 0 Å². The van der Waals surface area contributed by atoms with E-state index < -0.39 is 11.5 Å². The van der Waals surface area contributed by atoms with Crippen LogP contribution >= 0.6 is 0 Å². The Morgan fingerprint density at radius 2 is 1.89 bits per heavy atom. The Kier molecular flexibility index (Phi) is 4.35. The molecular formula is C15H21NO3. The minimum absolute atomic E-state index is 0.195. The predicted octanol–water partition coefficient (Wildman–Crippen LogP) is 2.55.